The Balaban J connectivity index is -0.0000000800. The van der Waals surface area contributed by atoms with Crippen molar-refractivity contribution >= 4 is 27.3 Å². The van der Waals surface area contributed by atoms with Gasteiger partial charge < -0.3 is 0 Å². The summed E-state index contributed by atoms with van der Waals surface area (Å²) in [6, 6.07) is 0. The van der Waals surface area contributed by atoms with E-state index in [-0.39, 0.29) is 53.1 Å². The summed E-state index contributed by atoms with van der Waals surface area (Å²) in [5.74, 6) is 0. The van der Waals surface area contributed by atoms with Crippen molar-refractivity contribution < 1.29 is 58.7 Å². The maximum atomic E-state index is 7.38. The van der Waals surface area contributed by atoms with Gasteiger partial charge in [-0.15, -0.1) is 0 Å². The number of hydrogen-bond acceptors (Lipinski definition) is 4. The second-order valence-corrected chi connectivity index (χ2v) is 2.47. The van der Waals surface area contributed by atoms with Crippen molar-refractivity contribution in [3.8, 4) is 0 Å². The zero-order valence-corrected chi connectivity index (χ0v) is 14.1. The third kappa shape index (κ3) is 61.1. The van der Waals surface area contributed by atoms with E-state index < -0.39 is 18.1 Å². The van der Waals surface area contributed by atoms with Crippen LogP contribution in [0.4, 0.5) is 0 Å². The molecule has 0 unspecified atom stereocenters. The van der Waals surface area contributed by atoms with Crippen LogP contribution in [-0.2, 0) is 44.0 Å². The van der Waals surface area contributed by atoms with Crippen molar-refractivity contribution in [1.82, 2.24) is 0 Å². The summed E-state index contributed by atoms with van der Waals surface area (Å²) in [6.45, 7) is 0. The molecule has 0 fully saturated rings. The van der Waals surface area contributed by atoms with Crippen molar-refractivity contribution in [2.45, 2.75) is 0 Å². The second-order valence-electron chi connectivity index (χ2n) is 0.600. The Labute approximate surface area is 84.8 Å². The molecule has 0 aromatic rings. The van der Waals surface area contributed by atoms with Gasteiger partial charge >= 0.3 is 60.2 Å². The molecule has 7 heteroatoms. The van der Waals surface area contributed by atoms with Crippen LogP contribution in [0.5, 0.6) is 0 Å². The minimum atomic E-state index is -5.00. The molecule has 4 N–H and O–H groups in total. The van der Waals surface area contributed by atoms with Crippen LogP contribution in [0.15, 0.2) is 0 Å². The average Bonchev–Trinajstić information content (AvgIpc) is 0.722. The first-order valence-electron chi connectivity index (χ1n) is 0.894. The molecule has 7 heavy (non-hydrogen) atoms. The van der Waals surface area contributed by atoms with Crippen LogP contribution in [0.2, 0.25) is 0 Å². The van der Waals surface area contributed by atoms with Crippen molar-refractivity contribution in [3.05, 3.63) is 0 Å². The summed E-state index contributed by atoms with van der Waals surface area (Å²) in [7, 11) is 0. The molecule has 0 saturated carbocycles. The molecule has 0 saturated heterocycles. The fourth-order valence-corrected chi connectivity index (χ4v) is 0. The number of rotatable bonds is 0. The van der Waals surface area contributed by atoms with Crippen LogP contribution in [0, 0.1) is 0 Å². The van der Waals surface area contributed by atoms with Gasteiger partial charge in [0.05, 0.1) is 0 Å². The first-order chi connectivity index (χ1) is 2.00. The van der Waals surface area contributed by atoms with Crippen LogP contribution >= 0.6 is 0 Å². The minimum absolute atomic E-state index is 0. The van der Waals surface area contributed by atoms with E-state index in [1.807, 2.05) is 0 Å². The predicted octanol–water partition coefficient (Wildman–Crippen LogP) is -3.15. The summed E-state index contributed by atoms with van der Waals surface area (Å²) in [6.07, 6.45) is 0. The standard InChI is InChI=1S/Hf.4H2O.Pb.Ti.2H/h;4*1H2;;;;/q;;;;;;+4;;/p-4. The van der Waals surface area contributed by atoms with Gasteiger partial charge in [0.2, 0.25) is 0 Å². The first-order valence-corrected chi connectivity index (χ1v) is 3.69. The van der Waals surface area contributed by atoms with Crippen molar-refractivity contribution in [3.63, 3.8) is 0 Å². The Kier molecular flexibility index (Phi) is 14.9. The monoisotopic (exact) mass is 506 g/mol. The van der Waals surface area contributed by atoms with Crippen LogP contribution in [-0.4, -0.2) is 42.1 Å². The van der Waals surface area contributed by atoms with Gasteiger partial charge in [-0.3, -0.25) is 0 Å². The number of hydrogen-bond donors (Lipinski definition) is 4. The predicted molar refractivity (Wildman–Crippen MR) is 17.4 cm³/mol. The second kappa shape index (κ2) is 6.47. The summed E-state index contributed by atoms with van der Waals surface area (Å²) in [5, 5.41) is 0. The molecule has 42 valence electrons. The molecule has 0 aliphatic carbocycles. The van der Waals surface area contributed by atoms with E-state index in [9.17, 15) is 0 Å². The van der Waals surface area contributed by atoms with Gasteiger partial charge in [0.25, 0.3) is 0 Å². The van der Waals surface area contributed by atoms with Crippen LogP contribution in [0.25, 0.3) is 0 Å². The average molecular weight is 504 g/mol. The van der Waals surface area contributed by atoms with Gasteiger partial charge in [0.15, 0.2) is 0 Å². The molecule has 0 rings (SSSR count). The Morgan fingerprint density at radius 3 is 0.857 bits per heavy atom. The Morgan fingerprint density at radius 1 is 0.857 bits per heavy atom. The topological polar surface area (TPSA) is 80.9 Å². The van der Waals surface area contributed by atoms with Gasteiger partial charge in [-0.1, -0.05) is 0 Å². The van der Waals surface area contributed by atoms with Gasteiger partial charge in [-0.2, -0.15) is 0 Å². The van der Waals surface area contributed by atoms with Gasteiger partial charge in [-0.05, 0) is 0 Å². The van der Waals surface area contributed by atoms with E-state index in [1.165, 1.54) is 0 Å². The Morgan fingerprint density at radius 2 is 0.857 bits per heavy atom. The third-order valence-electron chi connectivity index (χ3n) is 0. The van der Waals surface area contributed by atoms with E-state index in [0.29, 0.717) is 0 Å². The fourth-order valence-electron chi connectivity index (χ4n) is 0. The molecular weight excluding hydrogens is 498 g/mol. The zero-order chi connectivity index (χ0) is 4.50. The van der Waals surface area contributed by atoms with E-state index in [0.717, 1.165) is 0 Å². The molecule has 0 aliphatic heterocycles. The maximum absolute atomic E-state index is 7.38. The molecule has 0 spiro atoms. The molecule has 0 heterocycles. The molecule has 0 aromatic carbocycles. The summed E-state index contributed by atoms with van der Waals surface area (Å²) < 4.78 is 29.5. The first kappa shape index (κ1) is 16.2. The molecule has 0 bridgehead atoms. The van der Waals surface area contributed by atoms with E-state index in [2.05, 4.69) is 0 Å². The summed E-state index contributed by atoms with van der Waals surface area (Å²) >= 11 is -5.00. The van der Waals surface area contributed by atoms with Gasteiger partial charge in [-0.25, -0.2) is 0 Å². The molecule has 2 radical (unpaired) electrons. The molecule has 0 aliphatic rings. The molecule has 0 atom stereocenters. The fraction of sp³-hybridized carbons (Fsp3) is 0. The van der Waals surface area contributed by atoms with E-state index in [4.69, 9.17) is 14.8 Å². The SMILES string of the molecule is [Hf].[OH][Ti]([OH])([OH])[OH].[PbH2]. The third-order valence-corrected chi connectivity index (χ3v) is 0. The van der Waals surface area contributed by atoms with Gasteiger partial charge in [0.1, 0.15) is 0 Å². The summed E-state index contributed by atoms with van der Waals surface area (Å²) in [4.78, 5) is 0. The Bertz CT molecular complexity index is 27.2. The molecule has 0 aromatic heterocycles. The molecular formula is H6HfO4PbTi. The quantitative estimate of drug-likeness (QED) is 0.264. The van der Waals surface area contributed by atoms with Crippen LogP contribution < -0.4 is 0 Å². The van der Waals surface area contributed by atoms with E-state index >= 15 is 0 Å². The van der Waals surface area contributed by atoms with Crippen molar-refractivity contribution in [1.29, 1.82) is 0 Å². The molecule has 0 amide bonds. The van der Waals surface area contributed by atoms with E-state index in [1.54, 1.807) is 0 Å². The summed E-state index contributed by atoms with van der Waals surface area (Å²) in [5.41, 5.74) is 0. The van der Waals surface area contributed by atoms with Crippen LogP contribution in [0.3, 0.4) is 0 Å². The van der Waals surface area contributed by atoms with Gasteiger partial charge in [0, 0.05) is 25.8 Å². The van der Waals surface area contributed by atoms with Crippen molar-refractivity contribution in [2.75, 3.05) is 0 Å². The zero-order valence-electron chi connectivity index (χ0n) is 3.50. The van der Waals surface area contributed by atoms with Crippen LogP contribution in [0.1, 0.15) is 0 Å². The van der Waals surface area contributed by atoms with Crippen molar-refractivity contribution in [2.24, 2.45) is 0 Å². The molecule has 4 nitrogen and oxygen atoms in total. The normalized spacial score (nSPS) is 8.57. The Hall–Kier alpha value is 2.35.